The van der Waals surface area contributed by atoms with Gasteiger partial charge in [0.15, 0.2) is 0 Å². The number of hydrazone groups is 1. The van der Waals surface area contributed by atoms with E-state index >= 15 is 0 Å². The predicted molar refractivity (Wildman–Crippen MR) is 127 cm³/mol. The van der Waals surface area contributed by atoms with Crippen LogP contribution in [-0.2, 0) is 11.3 Å². The molecule has 3 aromatic rings. The summed E-state index contributed by atoms with van der Waals surface area (Å²) in [6.45, 7) is 5.91. The molecule has 0 saturated heterocycles. The molecule has 0 radical (unpaired) electrons. The summed E-state index contributed by atoms with van der Waals surface area (Å²) in [7, 11) is 1.63. The van der Waals surface area contributed by atoms with E-state index in [1.807, 2.05) is 36.7 Å². The second-order valence-corrected chi connectivity index (χ2v) is 7.96. The minimum Gasteiger partial charge on any atom is -0.496 e. The number of carbonyl (C=O) groups excluding carboxylic acids is 2. The number of rotatable bonds is 7. The molecule has 3 rings (SSSR count). The molecule has 2 amide bonds. The number of nitrogens with zero attached hydrogens (tertiary/aromatic N) is 3. The van der Waals surface area contributed by atoms with Gasteiger partial charge in [-0.3, -0.25) is 14.3 Å². The molecule has 0 saturated carbocycles. The molecule has 0 spiro atoms. The fourth-order valence-corrected chi connectivity index (χ4v) is 3.41. The van der Waals surface area contributed by atoms with Gasteiger partial charge in [-0.2, -0.15) is 10.2 Å². The zero-order valence-corrected chi connectivity index (χ0v) is 19.9. The molecule has 1 aromatic heterocycles. The predicted octanol–water partition coefficient (Wildman–Crippen LogP) is 4.04. The Morgan fingerprint density at radius 1 is 1.19 bits per heavy atom. The Morgan fingerprint density at radius 2 is 1.91 bits per heavy atom. The summed E-state index contributed by atoms with van der Waals surface area (Å²) in [6.07, 6.45) is 1.57. The van der Waals surface area contributed by atoms with Gasteiger partial charge in [0.1, 0.15) is 5.75 Å². The summed E-state index contributed by atoms with van der Waals surface area (Å²) in [6, 6.07) is 12.2. The first-order valence-electron chi connectivity index (χ1n) is 9.86. The maximum Gasteiger partial charge on any atom is 0.271 e. The maximum absolute atomic E-state index is 12.3. The van der Waals surface area contributed by atoms with Gasteiger partial charge in [-0.05, 0) is 77.8 Å². The van der Waals surface area contributed by atoms with Crippen molar-refractivity contribution in [3.63, 3.8) is 0 Å². The van der Waals surface area contributed by atoms with Crippen molar-refractivity contribution >= 4 is 39.6 Å². The Bertz CT molecular complexity index is 1170. The summed E-state index contributed by atoms with van der Waals surface area (Å²) in [5, 5.41) is 11.3. The Morgan fingerprint density at radius 3 is 2.50 bits per heavy atom. The smallest absolute Gasteiger partial charge is 0.271 e. The number of ether oxygens (including phenoxy) is 1. The van der Waals surface area contributed by atoms with E-state index in [9.17, 15) is 9.59 Å². The lowest BCUT2D eigenvalue weighted by Gasteiger charge is -2.11. The zero-order chi connectivity index (χ0) is 23.3. The van der Waals surface area contributed by atoms with Gasteiger partial charge in [0, 0.05) is 23.7 Å². The second-order valence-electron chi connectivity index (χ2n) is 7.17. The van der Waals surface area contributed by atoms with E-state index < -0.39 is 0 Å². The van der Waals surface area contributed by atoms with Crippen LogP contribution in [0, 0.1) is 13.8 Å². The normalized spacial score (nSPS) is 10.9. The first kappa shape index (κ1) is 23.2. The Hall–Kier alpha value is -3.46. The molecular weight excluding hydrogens is 474 g/mol. The number of methoxy groups -OCH3 is 1. The highest BCUT2D eigenvalue weighted by atomic mass is 79.9. The third-order valence-electron chi connectivity index (χ3n) is 4.76. The van der Waals surface area contributed by atoms with Gasteiger partial charge in [-0.15, -0.1) is 0 Å². The maximum atomic E-state index is 12.3. The quantitative estimate of drug-likeness (QED) is 0.380. The molecule has 8 nitrogen and oxygen atoms in total. The van der Waals surface area contributed by atoms with Crippen molar-refractivity contribution in [1.29, 1.82) is 0 Å². The van der Waals surface area contributed by atoms with Crippen LogP contribution in [-0.4, -0.2) is 34.9 Å². The lowest BCUT2D eigenvalue weighted by atomic mass is 10.1. The van der Waals surface area contributed by atoms with Gasteiger partial charge >= 0.3 is 0 Å². The number of hydrogen-bond donors (Lipinski definition) is 2. The number of amides is 2. The van der Waals surface area contributed by atoms with Crippen LogP contribution in [0.4, 0.5) is 5.69 Å². The van der Waals surface area contributed by atoms with E-state index in [0.29, 0.717) is 17.8 Å². The molecular formula is C23H24BrN5O3. The van der Waals surface area contributed by atoms with Crippen molar-refractivity contribution in [2.45, 2.75) is 27.3 Å². The van der Waals surface area contributed by atoms with Gasteiger partial charge in [0.25, 0.3) is 5.91 Å². The molecule has 0 fully saturated rings. The van der Waals surface area contributed by atoms with Crippen molar-refractivity contribution in [2.75, 3.05) is 12.4 Å². The van der Waals surface area contributed by atoms with Crippen LogP contribution in [0.15, 0.2) is 52.0 Å². The molecule has 1 heterocycles. The van der Waals surface area contributed by atoms with Gasteiger partial charge < -0.3 is 10.1 Å². The fourth-order valence-electron chi connectivity index (χ4n) is 3.13. The third-order valence-corrected chi connectivity index (χ3v) is 5.91. The molecule has 32 heavy (non-hydrogen) atoms. The number of halogens is 1. The number of carbonyl (C=O) groups is 2. The Labute approximate surface area is 194 Å². The average Bonchev–Trinajstić information content (AvgIpc) is 3.00. The monoisotopic (exact) mass is 497 g/mol. The van der Waals surface area contributed by atoms with E-state index in [0.717, 1.165) is 32.7 Å². The molecule has 0 atom stereocenters. The standard InChI is InChI=1S/C23H24BrN5O3/c1-14-22(24)15(2)29(28-14)13-19-11-17(5-10-21(19)32-4)12-25-27-23(31)18-6-8-20(9-7-18)26-16(3)30/h5-12H,13H2,1-4H3,(H,26,30)(H,27,31)/b25-12-. The molecule has 9 heteroatoms. The molecule has 0 aliphatic heterocycles. The molecule has 2 aromatic carbocycles. The minimum absolute atomic E-state index is 0.170. The van der Waals surface area contributed by atoms with Gasteiger partial charge in [0.2, 0.25) is 5.91 Å². The first-order chi connectivity index (χ1) is 15.3. The summed E-state index contributed by atoms with van der Waals surface area (Å²) >= 11 is 3.55. The van der Waals surface area contributed by atoms with Crippen LogP contribution in [0.3, 0.4) is 0 Å². The third kappa shape index (κ3) is 5.61. The molecule has 0 bridgehead atoms. The first-order valence-corrected chi connectivity index (χ1v) is 10.6. The lowest BCUT2D eigenvalue weighted by Crippen LogP contribution is -2.17. The van der Waals surface area contributed by atoms with Crippen molar-refractivity contribution in [3.05, 3.63) is 75.0 Å². The molecule has 0 aliphatic carbocycles. The summed E-state index contributed by atoms with van der Waals surface area (Å²) in [4.78, 5) is 23.4. The highest BCUT2D eigenvalue weighted by Gasteiger charge is 2.12. The van der Waals surface area contributed by atoms with Crippen molar-refractivity contribution < 1.29 is 14.3 Å². The SMILES string of the molecule is COc1ccc(/C=N\NC(=O)c2ccc(NC(C)=O)cc2)cc1Cn1nc(C)c(Br)c1C. The Balaban J connectivity index is 1.70. The number of benzene rings is 2. The van der Waals surface area contributed by atoms with Crippen molar-refractivity contribution in [2.24, 2.45) is 5.10 Å². The van der Waals surface area contributed by atoms with Crippen molar-refractivity contribution in [1.82, 2.24) is 15.2 Å². The van der Waals surface area contributed by atoms with E-state index in [-0.39, 0.29) is 11.8 Å². The van der Waals surface area contributed by atoms with E-state index in [1.54, 1.807) is 37.6 Å². The van der Waals surface area contributed by atoms with Crippen LogP contribution in [0.25, 0.3) is 0 Å². The number of aryl methyl sites for hydroxylation is 1. The highest BCUT2D eigenvalue weighted by Crippen LogP contribution is 2.24. The Kier molecular flexibility index (Phi) is 7.42. The van der Waals surface area contributed by atoms with Crippen LogP contribution in [0.5, 0.6) is 5.75 Å². The lowest BCUT2D eigenvalue weighted by molar-refractivity contribution is -0.114. The van der Waals surface area contributed by atoms with Crippen LogP contribution in [0.1, 0.15) is 39.8 Å². The highest BCUT2D eigenvalue weighted by molar-refractivity contribution is 9.10. The number of aromatic nitrogens is 2. The van der Waals surface area contributed by atoms with E-state index in [4.69, 9.17) is 4.74 Å². The van der Waals surface area contributed by atoms with Crippen LogP contribution in [0.2, 0.25) is 0 Å². The largest absolute Gasteiger partial charge is 0.496 e. The summed E-state index contributed by atoms with van der Waals surface area (Å²) in [5.41, 5.74) is 7.27. The van der Waals surface area contributed by atoms with Crippen LogP contribution >= 0.6 is 15.9 Å². The average molecular weight is 498 g/mol. The summed E-state index contributed by atoms with van der Waals surface area (Å²) < 4.78 is 8.39. The fraction of sp³-hybridized carbons (Fsp3) is 0.217. The molecule has 166 valence electrons. The van der Waals surface area contributed by atoms with Crippen molar-refractivity contribution in [3.8, 4) is 5.75 Å². The van der Waals surface area contributed by atoms with E-state index in [2.05, 4.69) is 36.9 Å². The topological polar surface area (TPSA) is 97.6 Å². The van der Waals surface area contributed by atoms with E-state index in [1.165, 1.54) is 6.92 Å². The van der Waals surface area contributed by atoms with Crippen LogP contribution < -0.4 is 15.5 Å². The summed E-state index contributed by atoms with van der Waals surface area (Å²) in [5.74, 6) is 0.224. The second kappa shape index (κ2) is 10.2. The number of anilines is 1. The zero-order valence-electron chi connectivity index (χ0n) is 18.3. The molecule has 0 unspecified atom stereocenters. The number of hydrogen-bond acceptors (Lipinski definition) is 5. The molecule has 0 aliphatic rings. The molecule has 2 N–H and O–H groups in total. The van der Waals surface area contributed by atoms with Gasteiger partial charge in [-0.25, -0.2) is 5.43 Å². The minimum atomic E-state index is -0.350. The number of nitrogens with one attached hydrogen (secondary N) is 2. The van der Waals surface area contributed by atoms with Gasteiger partial charge in [-0.1, -0.05) is 0 Å². The van der Waals surface area contributed by atoms with Gasteiger partial charge in [0.05, 0.1) is 35.7 Å².